The zero-order chi connectivity index (χ0) is 11.3. The van der Waals surface area contributed by atoms with E-state index in [0.717, 1.165) is 0 Å². The van der Waals surface area contributed by atoms with E-state index in [-0.39, 0.29) is 6.03 Å². The van der Waals surface area contributed by atoms with Crippen molar-refractivity contribution < 1.29 is 8.99 Å². The Bertz CT molecular complexity index is 405. The predicted molar refractivity (Wildman–Crippen MR) is 61.0 cm³/mol. The molecular formula is C10H14FN2OP. The van der Waals surface area contributed by atoms with E-state index >= 15 is 4.20 Å². The number of hydrogen-bond acceptors (Lipinski definition) is 1. The van der Waals surface area contributed by atoms with Gasteiger partial charge in [0.25, 0.3) is 0 Å². The third kappa shape index (κ3) is 1.00. The molecule has 1 aromatic rings. The Balaban J connectivity index is 2.56. The Kier molecular flexibility index (Phi) is 1.87. The van der Waals surface area contributed by atoms with Crippen molar-refractivity contribution in [2.75, 3.05) is 20.8 Å². The number of nitrogens with zero attached hydrogens (tertiary/aromatic N) is 2. The van der Waals surface area contributed by atoms with Gasteiger partial charge in [-0.1, -0.05) is 0 Å². The molecule has 1 fully saturated rings. The Hall–Kier alpha value is -1.15. The molecule has 2 rings (SSSR count). The van der Waals surface area contributed by atoms with E-state index < -0.39 is 7.22 Å². The fraction of sp³-hybridized carbons (Fsp3) is 0.300. The van der Waals surface area contributed by atoms with Gasteiger partial charge in [-0.25, -0.2) is 0 Å². The molecule has 0 aliphatic carbocycles. The van der Waals surface area contributed by atoms with Gasteiger partial charge in [0.1, 0.15) is 0 Å². The molecule has 1 aliphatic rings. The third-order valence-corrected chi connectivity index (χ3v) is 7.90. The minimum absolute atomic E-state index is 0.262. The molecule has 0 unspecified atom stereocenters. The Morgan fingerprint density at radius 1 is 1.13 bits per heavy atom. The molecule has 82 valence electrons. The van der Waals surface area contributed by atoms with Crippen LogP contribution in [0.4, 0.5) is 8.99 Å². The molecule has 0 spiro atoms. The van der Waals surface area contributed by atoms with E-state index in [4.69, 9.17) is 0 Å². The molecule has 0 bridgehead atoms. The molecule has 0 aromatic heterocycles. The van der Waals surface area contributed by atoms with Gasteiger partial charge in [-0.15, -0.1) is 0 Å². The second-order valence-corrected chi connectivity index (χ2v) is 8.34. The molecule has 1 aliphatic heterocycles. The van der Waals surface area contributed by atoms with Crippen molar-refractivity contribution in [2.45, 2.75) is 0 Å². The summed E-state index contributed by atoms with van der Waals surface area (Å²) in [6.07, 6.45) is 0. The molecule has 0 atom stereocenters. The molecule has 3 nitrogen and oxygen atoms in total. The summed E-state index contributed by atoms with van der Waals surface area (Å²) < 4.78 is 17.6. The quantitative estimate of drug-likeness (QED) is 0.676. The number of halogens is 1. The van der Waals surface area contributed by atoms with Crippen LogP contribution in [0.5, 0.6) is 0 Å². The van der Waals surface area contributed by atoms with Crippen molar-refractivity contribution in [3.05, 3.63) is 30.3 Å². The van der Waals surface area contributed by atoms with E-state index in [9.17, 15) is 4.79 Å². The molecule has 5 heteroatoms. The van der Waals surface area contributed by atoms with Gasteiger partial charge in [-0.2, -0.15) is 0 Å². The van der Waals surface area contributed by atoms with E-state index in [2.05, 4.69) is 0 Å². The van der Waals surface area contributed by atoms with Crippen LogP contribution in [0.2, 0.25) is 0 Å². The molecule has 0 N–H and O–H groups in total. The number of benzene rings is 1. The summed E-state index contributed by atoms with van der Waals surface area (Å²) in [6, 6.07) is 8.62. The van der Waals surface area contributed by atoms with Gasteiger partial charge in [0.05, 0.1) is 0 Å². The van der Waals surface area contributed by atoms with Gasteiger partial charge in [0.15, 0.2) is 0 Å². The molecular weight excluding hydrogens is 214 g/mol. The molecule has 15 heavy (non-hydrogen) atoms. The number of carbonyl (C=O) groups excluding carboxylic acids is 1. The summed E-state index contributed by atoms with van der Waals surface area (Å²) in [7, 11) is -0.762. The topological polar surface area (TPSA) is 23.6 Å². The van der Waals surface area contributed by atoms with Gasteiger partial charge in [-0.3, -0.25) is 0 Å². The van der Waals surface area contributed by atoms with Gasteiger partial charge in [0, 0.05) is 0 Å². The Morgan fingerprint density at radius 3 is 2.07 bits per heavy atom. The average Bonchev–Trinajstić information content (AvgIpc) is 2.28. The standard InChI is InChI=1S/C10H14FN2OP/c1-12-10(14)13(2)15(12,3,11)9-7-5-4-6-8-9/h4-8H,1-3H3. The maximum absolute atomic E-state index is 15.1. The monoisotopic (exact) mass is 228 g/mol. The second kappa shape index (κ2) is 2.70. The van der Waals surface area contributed by atoms with Crippen LogP contribution < -0.4 is 5.30 Å². The van der Waals surface area contributed by atoms with Crippen molar-refractivity contribution in [2.24, 2.45) is 0 Å². The SMILES string of the molecule is CN1C(=O)N(C)P1(C)(F)c1ccccc1. The molecule has 1 saturated heterocycles. The fourth-order valence-corrected chi connectivity index (χ4v) is 4.77. The first-order valence-electron chi connectivity index (χ1n) is 4.70. The first kappa shape index (κ1) is 10.4. The molecule has 2 amide bonds. The summed E-state index contributed by atoms with van der Waals surface area (Å²) in [5.41, 5.74) is 0. The van der Waals surface area contributed by atoms with Crippen molar-refractivity contribution in [3.63, 3.8) is 0 Å². The summed E-state index contributed by atoms with van der Waals surface area (Å²) in [6.45, 7) is 1.53. The summed E-state index contributed by atoms with van der Waals surface area (Å²) in [5.74, 6) is 0. The van der Waals surface area contributed by atoms with Gasteiger partial charge in [-0.05, 0) is 0 Å². The van der Waals surface area contributed by atoms with E-state index in [1.165, 1.54) is 30.1 Å². The molecule has 1 aromatic carbocycles. The van der Waals surface area contributed by atoms with Gasteiger partial charge in [0.2, 0.25) is 0 Å². The summed E-state index contributed by atoms with van der Waals surface area (Å²) in [4.78, 5) is 11.4. The first-order valence-corrected chi connectivity index (χ1v) is 7.18. The van der Waals surface area contributed by atoms with Crippen molar-refractivity contribution in [3.8, 4) is 0 Å². The van der Waals surface area contributed by atoms with Crippen molar-refractivity contribution in [1.82, 2.24) is 9.34 Å². The van der Waals surface area contributed by atoms with Crippen molar-refractivity contribution in [1.29, 1.82) is 0 Å². The van der Waals surface area contributed by atoms with Crippen LogP contribution >= 0.6 is 7.22 Å². The van der Waals surface area contributed by atoms with E-state index in [1.54, 1.807) is 24.3 Å². The van der Waals surface area contributed by atoms with Gasteiger partial charge < -0.3 is 0 Å². The first-order chi connectivity index (χ1) is 6.88. The maximum atomic E-state index is 15.1. The Labute approximate surface area is 88.6 Å². The zero-order valence-corrected chi connectivity index (χ0v) is 9.91. The van der Waals surface area contributed by atoms with Gasteiger partial charge >= 0.3 is 88.0 Å². The summed E-state index contributed by atoms with van der Waals surface area (Å²) >= 11 is 0. The minimum atomic E-state index is -3.80. The van der Waals surface area contributed by atoms with Crippen LogP contribution in [0, 0.1) is 0 Å². The number of hydrogen-bond donors (Lipinski definition) is 0. The molecule has 1 heterocycles. The van der Waals surface area contributed by atoms with E-state index in [1.807, 2.05) is 6.07 Å². The van der Waals surface area contributed by atoms with Crippen LogP contribution in [0.15, 0.2) is 30.3 Å². The van der Waals surface area contributed by atoms with Crippen LogP contribution in [0.1, 0.15) is 0 Å². The number of rotatable bonds is 1. The number of carbonyl (C=O) groups is 1. The Morgan fingerprint density at radius 2 is 1.60 bits per heavy atom. The third-order valence-electron chi connectivity index (χ3n) is 3.29. The normalized spacial score (nSPS) is 25.3. The van der Waals surface area contributed by atoms with Crippen LogP contribution in [0.3, 0.4) is 0 Å². The van der Waals surface area contributed by atoms with Crippen LogP contribution in [0.25, 0.3) is 0 Å². The van der Waals surface area contributed by atoms with E-state index in [0.29, 0.717) is 5.30 Å². The average molecular weight is 228 g/mol. The zero-order valence-electron chi connectivity index (χ0n) is 9.01. The fourth-order valence-electron chi connectivity index (χ4n) is 1.88. The molecule has 0 saturated carbocycles. The second-order valence-electron chi connectivity index (χ2n) is 3.98. The van der Waals surface area contributed by atoms with Crippen LogP contribution in [-0.2, 0) is 0 Å². The summed E-state index contributed by atoms with van der Waals surface area (Å²) in [5, 5.41) is 0.591. The van der Waals surface area contributed by atoms with Crippen molar-refractivity contribution >= 4 is 18.6 Å². The number of amides is 2. The number of urea groups is 1. The van der Waals surface area contributed by atoms with Crippen LogP contribution in [-0.4, -0.2) is 36.1 Å². The molecule has 0 radical (unpaired) electrons. The predicted octanol–water partition coefficient (Wildman–Crippen LogP) is 2.21.